The smallest absolute Gasteiger partial charge is 0.213 e. The standard InChI is InChI=1S/C14H15FN2O2/c1-3-19-11-5-9(4-10(16)6-11)12-7-14(18-2)17-8-13(12)15/h4-8H,3,16H2,1-2H3. The second-order valence-electron chi connectivity index (χ2n) is 3.93. The van der Waals surface area contributed by atoms with E-state index in [2.05, 4.69) is 4.98 Å². The van der Waals surface area contributed by atoms with Gasteiger partial charge in [0, 0.05) is 23.4 Å². The van der Waals surface area contributed by atoms with Crippen LogP contribution in [0.2, 0.25) is 0 Å². The van der Waals surface area contributed by atoms with E-state index in [0.717, 1.165) is 6.20 Å². The van der Waals surface area contributed by atoms with E-state index in [9.17, 15) is 4.39 Å². The van der Waals surface area contributed by atoms with Gasteiger partial charge in [0.1, 0.15) is 11.6 Å². The Hall–Kier alpha value is -2.30. The highest BCUT2D eigenvalue weighted by Gasteiger charge is 2.10. The van der Waals surface area contributed by atoms with Gasteiger partial charge in [0.05, 0.1) is 19.9 Å². The average molecular weight is 262 g/mol. The van der Waals surface area contributed by atoms with E-state index in [-0.39, 0.29) is 0 Å². The lowest BCUT2D eigenvalue weighted by molar-refractivity contribution is 0.340. The van der Waals surface area contributed by atoms with E-state index < -0.39 is 5.82 Å². The molecule has 0 atom stereocenters. The number of benzene rings is 1. The van der Waals surface area contributed by atoms with Crippen molar-refractivity contribution in [2.24, 2.45) is 0 Å². The fourth-order valence-electron chi connectivity index (χ4n) is 1.78. The van der Waals surface area contributed by atoms with Crippen molar-refractivity contribution in [3.05, 3.63) is 36.3 Å². The Kier molecular flexibility index (Phi) is 3.85. The molecule has 2 rings (SSSR count). The van der Waals surface area contributed by atoms with E-state index in [0.29, 0.717) is 35.1 Å². The van der Waals surface area contributed by atoms with Gasteiger partial charge in [-0.15, -0.1) is 0 Å². The highest BCUT2D eigenvalue weighted by atomic mass is 19.1. The molecule has 0 aliphatic rings. The van der Waals surface area contributed by atoms with Crippen molar-refractivity contribution in [3.63, 3.8) is 0 Å². The van der Waals surface area contributed by atoms with Crippen LogP contribution in [0.15, 0.2) is 30.5 Å². The minimum Gasteiger partial charge on any atom is -0.494 e. The highest BCUT2D eigenvalue weighted by molar-refractivity contribution is 5.70. The number of nitrogens with zero attached hydrogens (tertiary/aromatic N) is 1. The van der Waals surface area contributed by atoms with Gasteiger partial charge in [0.25, 0.3) is 0 Å². The van der Waals surface area contributed by atoms with Crippen molar-refractivity contribution in [3.8, 4) is 22.8 Å². The summed E-state index contributed by atoms with van der Waals surface area (Å²) in [6.07, 6.45) is 1.12. The van der Waals surface area contributed by atoms with Gasteiger partial charge in [-0.2, -0.15) is 0 Å². The van der Waals surface area contributed by atoms with Crippen molar-refractivity contribution in [2.45, 2.75) is 6.92 Å². The molecule has 100 valence electrons. The lowest BCUT2D eigenvalue weighted by Crippen LogP contribution is -1.96. The van der Waals surface area contributed by atoms with Crippen LogP contribution in [0.1, 0.15) is 6.92 Å². The Balaban J connectivity index is 2.51. The summed E-state index contributed by atoms with van der Waals surface area (Å²) >= 11 is 0. The molecule has 0 aliphatic carbocycles. The van der Waals surface area contributed by atoms with E-state index in [4.69, 9.17) is 15.2 Å². The van der Waals surface area contributed by atoms with E-state index in [1.807, 2.05) is 6.92 Å². The number of hydrogen-bond donors (Lipinski definition) is 1. The molecule has 1 heterocycles. The number of rotatable bonds is 4. The van der Waals surface area contributed by atoms with Gasteiger partial charge in [-0.05, 0) is 24.6 Å². The maximum Gasteiger partial charge on any atom is 0.213 e. The number of nitrogens with two attached hydrogens (primary N) is 1. The summed E-state index contributed by atoms with van der Waals surface area (Å²) in [5.41, 5.74) is 7.31. The van der Waals surface area contributed by atoms with Gasteiger partial charge < -0.3 is 15.2 Å². The summed E-state index contributed by atoms with van der Waals surface area (Å²) in [5, 5.41) is 0. The van der Waals surface area contributed by atoms with E-state index >= 15 is 0 Å². The van der Waals surface area contributed by atoms with Crippen LogP contribution in [0, 0.1) is 5.82 Å². The Morgan fingerprint density at radius 1 is 1.26 bits per heavy atom. The first-order valence-electron chi connectivity index (χ1n) is 5.87. The summed E-state index contributed by atoms with van der Waals surface area (Å²) in [5.74, 6) is 0.512. The van der Waals surface area contributed by atoms with Crippen molar-refractivity contribution < 1.29 is 13.9 Å². The Labute approximate surface area is 111 Å². The maximum atomic E-state index is 13.8. The number of anilines is 1. The molecular formula is C14H15FN2O2. The largest absolute Gasteiger partial charge is 0.494 e. The van der Waals surface area contributed by atoms with Crippen molar-refractivity contribution in [1.82, 2.24) is 4.98 Å². The number of ether oxygens (including phenoxy) is 2. The molecule has 1 aromatic carbocycles. The fraction of sp³-hybridized carbons (Fsp3) is 0.214. The van der Waals surface area contributed by atoms with Crippen LogP contribution >= 0.6 is 0 Å². The zero-order valence-corrected chi connectivity index (χ0v) is 10.8. The number of aromatic nitrogens is 1. The number of nitrogen functional groups attached to an aromatic ring is 1. The zero-order valence-electron chi connectivity index (χ0n) is 10.8. The number of pyridine rings is 1. The Morgan fingerprint density at radius 2 is 2.05 bits per heavy atom. The molecular weight excluding hydrogens is 247 g/mol. The van der Waals surface area contributed by atoms with Crippen LogP contribution in [0.5, 0.6) is 11.6 Å². The molecule has 1 aromatic heterocycles. The summed E-state index contributed by atoms with van der Waals surface area (Å²) in [7, 11) is 1.48. The monoisotopic (exact) mass is 262 g/mol. The topological polar surface area (TPSA) is 57.4 Å². The summed E-state index contributed by atoms with van der Waals surface area (Å²) < 4.78 is 24.2. The third-order valence-electron chi connectivity index (χ3n) is 2.59. The van der Waals surface area contributed by atoms with Gasteiger partial charge in [-0.1, -0.05) is 0 Å². The van der Waals surface area contributed by atoms with Crippen molar-refractivity contribution in [1.29, 1.82) is 0 Å². The van der Waals surface area contributed by atoms with E-state index in [1.165, 1.54) is 13.2 Å². The molecule has 0 fully saturated rings. The first kappa shape index (κ1) is 13.1. The minimum absolute atomic E-state index is 0.344. The van der Waals surface area contributed by atoms with Crippen LogP contribution in [-0.4, -0.2) is 18.7 Å². The van der Waals surface area contributed by atoms with Crippen LogP contribution in [-0.2, 0) is 0 Å². The molecule has 19 heavy (non-hydrogen) atoms. The minimum atomic E-state index is -0.436. The predicted molar refractivity (Wildman–Crippen MR) is 71.8 cm³/mol. The third kappa shape index (κ3) is 2.93. The van der Waals surface area contributed by atoms with Crippen LogP contribution in [0.3, 0.4) is 0 Å². The predicted octanol–water partition coefficient (Wildman–Crippen LogP) is 2.88. The Morgan fingerprint density at radius 3 is 2.74 bits per heavy atom. The lowest BCUT2D eigenvalue weighted by Gasteiger charge is -2.10. The lowest BCUT2D eigenvalue weighted by atomic mass is 10.1. The average Bonchev–Trinajstić information content (AvgIpc) is 2.39. The van der Waals surface area contributed by atoms with Crippen molar-refractivity contribution >= 4 is 5.69 Å². The third-order valence-corrected chi connectivity index (χ3v) is 2.59. The molecule has 0 radical (unpaired) electrons. The molecule has 0 amide bonds. The molecule has 0 saturated heterocycles. The summed E-state index contributed by atoms with van der Waals surface area (Å²) in [6.45, 7) is 2.39. The molecule has 0 saturated carbocycles. The SMILES string of the molecule is CCOc1cc(N)cc(-c2cc(OC)ncc2F)c1. The van der Waals surface area contributed by atoms with Gasteiger partial charge in [-0.25, -0.2) is 9.37 Å². The normalized spacial score (nSPS) is 10.3. The quantitative estimate of drug-likeness (QED) is 0.861. The number of halogens is 1. The van der Waals surface area contributed by atoms with Gasteiger partial charge >= 0.3 is 0 Å². The summed E-state index contributed by atoms with van der Waals surface area (Å²) in [6, 6.07) is 6.64. The molecule has 0 unspecified atom stereocenters. The Bertz CT molecular complexity index is 588. The van der Waals surface area contributed by atoms with Crippen LogP contribution < -0.4 is 15.2 Å². The molecule has 4 nitrogen and oxygen atoms in total. The molecule has 2 aromatic rings. The molecule has 2 N–H and O–H groups in total. The first-order chi connectivity index (χ1) is 9.13. The molecule has 0 aliphatic heterocycles. The first-order valence-corrected chi connectivity index (χ1v) is 5.87. The maximum absolute atomic E-state index is 13.8. The fourth-order valence-corrected chi connectivity index (χ4v) is 1.78. The molecule has 0 spiro atoms. The van der Waals surface area contributed by atoms with Gasteiger partial charge in [-0.3, -0.25) is 0 Å². The van der Waals surface area contributed by atoms with Gasteiger partial charge in [0.2, 0.25) is 5.88 Å². The van der Waals surface area contributed by atoms with Crippen LogP contribution in [0.25, 0.3) is 11.1 Å². The second-order valence-corrected chi connectivity index (χ2v) is 3.93. The zero-order chi connectivity index (χ0) is 13.8. The second kappa shape index (κ2) is 5.56. The number of methoxy groups -OCH3 is 1. The summed E-state index contributed by atoms with van der Waals surface area (Å²) in [4.78, 5) is 3.80. The highest BCUT2D eigenvalue weighted by Crippen LogP contribution is 2.30. The molecule has 5 heteroatoms. The molecule has 0 bridgehead atoms. The van der Waals surface area contributed by atoms with E-state index in [1.54, 1.807) is 18.2 Å². The van der Waals surface area contributed by atoms with Gasteiger partial charge in [0.15, 0.2) is 0 Å². The number of hydrogen-bond acceptors (Lipinski definition) is 4. The van der Waals surface area contributed by atoms with Crippen molar-refractivity contribution in [2.75, 3.05) is 19.5 Å². The van der Waals surface area contributed by atoms with Crippen LogP contribution in [0.4, 0.5) is 10.1 Å².